The summed E-state index contributed by atoms with van der Waals surface area (Å²) in [5.74, 6) is -0.0395. The van der Waals surface area contributed by atoms with Crippen LogP contribution >= 0.6 is 11.6 Å². The summed E-state index contributed by atoms with van der Waals surface area (Å²) in [6, 6.07) is 5.57. The van der Waals surface area contributed by atoms with Gasteiger partial charge in [-0.2, -0.15) is 0 Å². The number of nitrogens with zero attached hydrogens (tertiary/aromatic N) is 4. The summed E-state index contributed by atoms with van der Waals surface area (Å²) in [7, 11) is 0. The summed E-state index contributed by atoms with van der Waals surface area (Å²) in [6.45, 7) is 8.39. The molecule has 0 atom stereocenters. The molecule has 30 heavy (non-hydrogen) atoms. The first-order valence-corrected chi connectivity index (χ1v) is 10.3. The molecule has 0 amide bonds. The molecule has 0 aromatic carbocycles. The quantitative estimate of drug-likeness (QED) is 0.509. The van der Waals surface area contributed by atoms with Crippen molar-refractivity contribution < 1.29 is 14.8 Å². The van der Waals surface area contributed by atoms with Crippen LogP contribution in [-0.2, 0) is 16.1 Å². The Morgan fingerprint density at radius 1 is 1.23 bits per heavy atom. The van der Waals surface area contributed by atoms with Crippen LogP contribution < -0.4 is 0 Å². The maximum atomic E-state index is 9.92. The molecular formula is C22H27ClN4O3. The normalized spacial score (nSPS) is 15.8. The Labute approximate surface area is 181 Å². The van der Waals surface area contributed by atoms with Gasteiger partial charge >= 0.3 is 0 Å². The summed E-state index contributed by atoms with van der Waals surface area (Å²) in [5, 5.41) is 18.7. The Hall–Kier alpha value is -2.67. The molecule has 1 N–H and O–H groups in total. The number of rotatable bonds is 7. The standard InChI is InChI=1S/C22H27ClN4O3/c1-14-8-9-16-6-5-7-18(21(16)25-14)27-30-13-22(3,4)12-29-26-15(2)20-19(28)10-17(23)11-24-20/h8-11,28H,5-7,12-13H2,1-4H3. The van der Waals surface area contributed by atoms with Crippen LogP contribution in [0.2, 0.25) is 5.02 Å². The highest BCUT2D eigenvalue weighted by Gasteiger charge is 2.22. The van der Waals surface area contributed by atoms with Crippen molar-refractivity contribution in [1.29, 1.82) is 0 Å². The Bertz CT molecular complexity index is 973. The first-order valence-electron chi connectivity index (χ1n) is 9.92. The minimum atomic E-state index is -0.319. The zero-order valence-corrected chi connectivity index (χ0v) is 18.5. The number of hydrogen-bond donors (Lipinski definition) is 1. The highest BCUT2D eigenvalue weighted by Crippen LogP contribution is 2.23. The molecule has 2 aromatic heterocycles. The first kappa shape index (κ1) is 22.0. The van der Waals surface area contributed by atoms with Gasteiger partial charge in [-0.15, -0.1) is 0 Å². The van der Waals surface area contributed by atoms with E-state index in [0.717, 1.165) is 36.4 Å². The van der Waals surface area contributed by atoms with E-state index in [0.29, 0.717) is 29.6 Å². The lowest BCUT2D eigenvalue weighted by atomic mass is 9.94. The van der Waals surface area contributed by atoms with Crippen LogP contribution in [0, 0.1) is 12.3 Å². The molecule has 1 aliphatic carbocycles. The van der Waals surface area contributed by atoms with Gasteiger partial charge in [0.15, 0.2) is 0 Å². The molecule has 1 aliphatic rings. The van der Waals surface area contributed by atoms with E-state index in [4.69, 9.17) is 21.3 Å². The molecule has 2 aromatic rings. The minimum Gasteiger partial charge on any atom is -0.506 e. The summed E-state index contributed by atoms with van der Waals surface area (Å²) in [5.41, 5.74) is 4.52. The third-order valence-electron chi connectivity index (χ3n) is 4.71. The van der Waals surface area contributed by atoms with Crippen molar-refractivity contribution in [2.45, 2.75) is 47.0 Å². The fraction of sp³-hybridized carbons (Fsp3) is 0.455. The first-order chi connectivity index (χ1) is 14.2. The third-order valence-corrected chi connectivity index (χ3v) is 4.92. The molecule has 0 spiro atoms. The average Bonchev–Trinajstić information content (AvgIpc) is 2.68. The van der Waals surface area contributed by atoms with E-state index in [1.165, 1.54) is 17.8 Å². The van der Waals surface area contributed by atoms with Gasteiger partial charge in [-0.3, -0.25) is 4.98 Å². The predicted molar refractivity (Wildman–Crippen MR) is 117 cm³/mol. The van der Waals surface area contributed by atoms with Crippen LogP contribution in [0.1, 0.15) is 56.3 Å². The van der Waals surface area contributed by atoms with Gasteiger partial charge in [0.25, 0.3) is 0 Å². The Kier molecular flexibility index (Phi) is 6.92. The summed E-state index contributed by atoms with van der Waals surface area (Å²) in [4.78, 5) is 19.8. The maximum absolute atomic E-state index is 9.92. The van der Waals surface area contributed by atoms with Crippen LogP contribution in [0.15, 0.2) is 34.7 Å². The number of oxime groups is 2. The van der Waals surface area contributed by atoms with Gasteiger partial charge in [0.2, 0.25) is 0 Å². The number of aromatic nitrogens is 2. The number of halogens is 1. The van der Waals surface area contributed by atoms with Crippen LogP contribution in [0.4, 0.5) is 0 Å². The van der Waals surface area contributed by atoms with Crippen molar-refractivity contribution in [3.8, 4) is 5.75 Å². The van der Waals surface area contributed by atoms with Crippen molar-refractivity contribution in [3.05, 3.63) is 52.1 Å². The summed E-state index contributed by atoms with van der Waals surface area (Å²) >= 11 is 5.80. The molecule has 0 saturated heterocycles. The van der Waals surface area contributed by atoms with Crippen molar-refractivity contribution in [2.75, 3.05) is 13.2 Å². The topological polar surface area (TPSA) is 89.2 Å². The highest BCUT2D eigenvalue weighted by molar-refractivity contribution is 6.30. The van der Waals surface area contributed by atoms with E-state index in [9.17, 15) is 5.11 Å². The van der Waals surface area contributed by atoms with Crippen molar-refractivity contribution in [1.82, 2.24) is 9.97 Å². The van der Waals surface area contributed by atoms with Gasteiger partial charge in [0.05, 0.1) is 10.7 Å². The molecule has 8 heteroatoms. The monoisotopic (exact) mass is 430 g/mol. The van der Waals surface area contributed by atoms with Crippen molar-refractivity contribution in [3.63, 3.8) is 0 Å². The van der Waals surface area contributed by atoms with E-state index in [1.807, 2.05) is 26.8 Å². The third kappa shape index (κ3) is 5.69. The predicted octanol–water partition coefficient (Wildman–Crippen LogP) is 4.67. The molecule has 2 heterocycles. The highest BCUT2D eigenvalue weighted by atomic mass is 35.5. The van der Waals surface area contributed by atoms with Crippen LogP contribution in [0.25, 0.3) is 0 Å². The van der Waals surface area contributed by atoms with Crippen LogP contribution in [0.3, 0.4) is 0 Å². The van der Waals surface area contributed by atoms with Gasteiger partial charge in [0.1, 0.15) is 36.1 Å². The molecule has 160 valence electrons. The van der Waals surface area contributed by atoms with Gasteiger partial charge in [-0.1, -0.05) is 41.8 Å². The number of aromatic hydroxyl groups is 1. The van der Waals surface area contributed by atoms with Gasteiger partial charge in [-0.05, 0) is 44.7 Å². The fourth-order valence-corrected chi connectivity index (χ4v) is 3.22. The van der Waals surface area contributed by atoms with Crippen LogP contribution in [-0.4, -0.2) is 39.7 Å². The molecule has 0 unspecified atom stereocenters. The molecule has 0 saturated carbocycles. The van der Waals surface area contributed by atoms with Gasteiger partial charge in [0, 0.05) is 23.4 Å². The second-order valence-electron chi connectivity index (χ2n) is 8.26. The second-order valence-corrected chi connectivity index (χ2v) is 8.70. The Morgan fingerprint density at radius 2 is 2.00 bits per heavy atom. The van der Waals surface area contributed by atoms with E-state index in [1.54, 1.807) is 6.92 Å². The zero-order valence-electron chi connectivity index (χ0n) is 17.8. The largest absolute Gasteiger partial charge is 0.506 e. The smallest absolute Gasteiger partial charge is 0.144 e. The van der Waals surface area contributed by atoms with E-state index in [-0.39, 0.29) is 11.2 Å². The van der Waals surface area contributed by atoms with Crippen molar-refractivity contribution in [2.24, 2.45) is 15.7 Å². The Morgan fingerprint density at radius 3 is 2.77 bits per heavy atom. The lowest BCUT2D eigenvalue weighted by Crippen LogP contribution is -2.24. The summed E-state index contributed by atoms with van der Waals surface area (Å²) in [6.07, 6.45) is 4.39. The number of aryl methyl sites for hydroxylation is 2. The van der Waals surface area contributed by atoms with E-state index in [2.05, 4.69) is 26.3 Å². The van der Waals surface area contributed by atoms with Gasteiger partial charge in [-0.25, -0.2) is 4.98 Å². The number of pyridine rings is 2. The molecular weight excluding hydrogens is 404 g/mol. The number of fused-ring (bicyclic) bond motifs is 1. The SMILES string of the molecule is CC(=NOCC(C)(C)CON=C1CCCc2ccc(C)nc21)c1ncc(Cl)cc1O. The fourth-order valence-electron chi connectivity index (χ4n) is 3.07. The molecule has 7 nitrogen and oxygen atoms in total. The molecule has 3 rings (SSSR count). The lowest BCUT2D eigenvalue weighted by Gasteiger charge is -2.22. The average molecular weight is 431 g/mol. The zero-order chi connectivity index (χ0) is 21.7. The van der Waals surface area contributed by atoms with Crippen LogP contribution in [0.5, 0.6) is 5.75 Å². The maximum Gasteiger partial charge on any atom is 0.144 e. The van der Waals surface area contributed by atoms with E-state index >= 15 is 0 Å². The van der Waals surface area contributed by atoms with Crippen molar-refractivity contribution >= 4 is 23.0 Å². The summed E-state index contributed by atoms with van der Waals surface area (Å²) < 4.78 is 0. The lowest BCUT2D eigenvalue weighted by molar-refractivity contribution is -0.000167. The Balaban J connectivity index is 1.56. The van der Waals surface area contributed by atoms with E-state index < -0.39 is 0 Å². The minimum absolute atomic E-state index is 0.0395. The molecule has 0 fully saturated rings. The second kappa shape index (κ2) is 9.43. The number of hydrogen-bond acceptors (Lipinski definition) is 7. The molecule has 0 aliphatic heterocycles. The molecule has 0 bridgehead atoms. The molecule has 0 radical (unpaired) electrons. The van der Waals surface area contributed by atoms with Gasteiger partial charge < -0.3 is 14.8 Å².